The van der Waals surface area contributed by atoms with Crippen LogP contribution in [0.3, 0.4) is 0 Å². The predicted molar refractivity (Wildman–Crippen MR) is 69.6 cm³/mol. The molecule has 88 valence electrons. The molecule has 0 spiro atoms. The van der Waals surface area contributed by atoms with Crippen LogP contribution in [0.2, 0.25) is 0 Å². The first-order chi connectivity index (χ1) is 8.16. The summed E-state index contributed by atoms with van der Waals surface area (Å²) in [4.78, 5) is 0. The van der Waals surface area contributed by atoms with Crippen LogP contribution in [0.5, 0.6) is 5.75 Å². The van der Waals surface area contributed by atoms with Gasteiger partial charge in [0.1, 0.15) is 17.7 Å². The monoisotopic (exact) mass is 294 g/mol. The molecule has 0 aliphatic rings. The lowest BCUT2D eigenvalue weighted by Gasteiger charge is -2.15. The quantitative estimate of drug-likeness (QED) is 0.795. The second-order valence-electron chi connectivity index (χ2n) is 3.74. The molecule has 1 nitrogen and oxygen atoms in total. The fraction of sp³-hybridized carbons (Fsp3) is 0.143. The summed E-state index contributed by atoms with van der Waals surface area (Å²) in [5.41, 5.74) is 0.553. The summed E-state index contributed by atoms with van der Waals surface area (Å²) in [5, 5.41) is 0. The minimum absolute atomic E-state index is 0.261. The van der Waals surface area contributed by atoms with E-state index in [1.165, 1.54) is 6.07 Å². The van der Waals surface area contributed by atoms with Crippen LogP contribution in [0.1, 0.15) is 18.6 Å². The summed E-state index contributed by atoms with van der Waals surface area (Å²) >= 11 is 3.23. The van der Waals surface area contributed by atoms with Crippen molar-refractivity contribution in [2.75, 3.05) is 0 Å². The molecule has 0 radical (unpaired) electrons. The van der Waals surface area contributed by atoms with Gasteiger partial charge in [-0.25, -0.2) is 4.39 Å². The second kappa shape index (κ2) is 5.32. The lowest BCUT2D eigenvalue weighted by Crippen LogP contribution is -2.05. The van der Waals surface area contributed by atoms with Gasteiger partial charge in [-0.05, 0) is 31.2 Å². The van der Waals surface area contributed by atoms with Gasteiger partial charge in [0.05, 0.1) is 0 Å². The standard InChI is InChI=1S/C14H12BrFO/c1-10(17-12-5-3-2-4-6-12)13-8-7-11(15)9-14(13)16/h2-10H,1H3. The summed E-state index contributed by atoms with van der Waals surface area (Å²) in [7, 11) is 0. The largest absolute Gasteiger partial charge is 0.486 e. The minimum Gasteiger partial charge on any atom is -0.486 e. The zero-order valence-corrected chi connectivity index (χ0v) is 10.9. The van der Waals surface area contributed by atoms with Gasteiger partial charge in [0.15, 0.2) is 0 Å². The van der Waals surface area contributed by atoms with Gasteiger partial charge in [-0.2, -0.15) is 0 Å². The van der Waals surface area contributed by atoms with Crippen molar-refractivity contribution in [3.8, 4) is 5.75 Å². The maximum Gasteiger partial charge on any atom is 0.131 e. The van der Waals surface area contributed by atoms with Crippen LogP contribution in [0.15, 0.2) is 53.0 Å². The van der Waals surface area contributed by atoms with Crippen LogP contribution >= 0.6 is 15.9 Å². The first-order valence-corrected chi connectivity index (χ1v) is 6.13. The third-order valence-corrected chi connectivity index (χ3v) is 2.95. The van der Waals surface area contributed by atoms with E-state index in [-0.39, 0.29) is 11.9 Å². The van der Waals surface area contributed by atoms with Crippen molar-refractivity contribution in [2.45, 2.75) is 13.0 Å². The topological polar surface area (TPSA) is 9.23 Å². The van der Waals surface area contributed by atoms with Crippen molar-refractivity contribution in [1.82, 2.24) is 0 Å². The number of para-hydroxylation sites is 1. The summed E-state index contributed by atoms with van der Waals surface area (Å²) < 4.78 is 20.1. The molecule has 0 aromatic heterocycles. The maximum atomic E-state index is 13.7. The molecule has 0 saturated heterocycles. The highest BCUT2D eigenvalue weighted by Crippen LogP contribution is 2.25. The molecular formula is C14H12BrFO. The molecular weight excluding hydrogens is 283 g/mol. The SMILES string of the molecule is CC(Oc1ccccc1)c1ccc(Br)cc1F. The van der Waals surface area contributed by atoms with E-state index < -0.39 is 0 Å². The average molecular weight is 295 g/mol. The van der Waals surface area contributed by atoms with E-state index in [0.29, 0.717) is 5.56 Å². The third-order valence-electron chi connectivity index (χ3n) is 2.46. The van der Waals surface area contributed by atoms with Gasteiger partial charge < -0.3 is 4.74 Å². The van der Waals surface area contributed by atoms with Crippen molar-refractivity contribution in [1.29, 1.82) is 0 Å². The van der Waals surface area contributed by atoms with Crippen LogP contribution < -0.4 is 4.74 Å². The number of hydrogen-bond donors (Lipinski definition) is 0. The fourth-order valence-corrected chi connectivity index (χ4v) is 1.93. The summed E-state index contributed by atoms with van der Waals surface area (Å²) in [6.45, 7) is 1.83. The molecule has 0 aliphatic carbocycles. The van der Waals surface area contributed by atoms with E-state index in [2.05, 4.69) is 15.9 Å². The Hall–Kier alpha value is -1.35. The van der Waals surface area contributed by atoms with Gasteiger partial charge in [-0.15, -0.1) is 0 Å². The van der Waals surface area contributed by atoms with Crippen LogP contribution in [0, 0.1) is 5.82 Å². The van der Waals surface area contributed by atoms with Gasteiger partial charge in [0.2, 0.25) is 0 Å². The Balaban J connectivity index is 2.17. The number of benzene rings is 2. The molecule has 1 atom stereocenters. The molecule has 0 N–H and O–H groups in total. The van der Waals surface area contributed by atoms with Gasteiger partial charge in [0.25, 0.3) is 0 Å². The normalized spacial score (nSPS) is 12.2. The molecule has 0 saturated carbocycles. The molecule has 2 rings (SSSR count). The number of rotatable bonds is 3. The highest BCUT2D eigenvalue weighted by atomic mass is 79.9. The van der Waals surface area contributed by atoms with Gasteiger partial charge in [-0.3, -0.25) is 0 Å². The number of ether oxygens (including phenoxy) is 1. The van der Waals surface area contributed by atoms with E-state index in [4.69, 9.17) is 4.74 Å². The second-order valence-corrected chi connectivity index (χ2v) is 4.65. The Labute approximate surface area is 108 Å². The van der Waals surface area contributed by atoms with Crippen LogP contribution in [-0.4, -0.2) is 0 Å². The Kier molecular flexibility index (Phi) is 3.79. The van der Waals surface area contributed by atoms with E-state index >= 15 is 0 Å². The molecule has 0 amide bonds. The predicted octanol–water partition coefficient (Wildman–Crippen LogP) is 4.73. The molecule has 1 unspecified atom stereocenters. The molecule has 2 aromatic carbocycles. The molecule has 3 heteroatoms. The molecule has 0 heterocycles. The number of halogens is 2. The van der Waals surface area contributed by atoms with Crippen molar-refractivity contribution >= 4 is 15.9 Å². The molecule has 0 fully saturated rings. The van der Waals surface area contributed by atoms with Crippen molar-refractivity contribution in [2.24, 2.45) is 0 Å². The summed E-state index contributed by atoms with van der Waals surface area (Å²) in [6, 6.07) is 14.4. The van der Waals surface area contributed by atoms with E-state index in [1.807, 2.05) is 43.3 Å². The zero-order valence-electron chi connectivity index (χ0n) is 9.36. The highest BCUT2D eigenvalue weighted by molar-refractivity contribution is 9.10. The Bertz CT molecular complexity index is 499. The molecule has 2 aromatic rings. The lowest BCUT2D eigenvalue weighted by molar-refractivity contribution is 0.221. The molecule has 0 bridgehead atoms. The summed E-state index contributed by atoms with van der Waals surface area (Å²) in [6.07, 6.45) is -0.314. The average Bonchev–Trinajstić information content (AvgIpc) is 2.30. The van der Waals surface area contributed by atoms with Crippen molar-refractivity contribution in [3.05, 3.63) is 64.4 Å². The van der Waals surface area contributed by atoms with Crippen molar-refractivity contribution in [3.63, 3.8) is 0 Å². The van der Waals surface area contributed by atoms with E-state index in [0.717, 1.165) is 10.2 Å². The van der Waals surface area contributed by atoms with Gasteiger partial charge in [0, 0.05) is 10.0 Å². The molecule has 0 aliphatic heterocycles. The van der Waals surface area contributed by atoms with Crippen LogP contribution in [0.25, 0.3) is 0 Å². The Morgan fingerprint density at radius 3 is 2.47 bits per heavy atom. The molecule has 17 heavy (non-hydrogen) atoms. The highest BCUT2D eigenvalue weighted by Gasteiger charge is 2.12. The summed E-state index contributed by atoms with van der Waals surface area (Å²) in [5.74, 6) is 0.477. The maximum absolute atomic E-state index is 13.7. The third kappa shape index (κ3) is 3.07. The van der Waals surface area contributed by atoms with E-state index in [9.17, 15) is 4.39 Å². The Morgan fingerprint density at radius 1 is 1.12 bits per heavy atom. The number of hydrogen-bond acceptors (Lipinski definition) is 1. The fourth-order valence-electron chi connectivity index (χ4n) is 1.60. The smallest absolute Gasteiger partial charge is 0.131 e. The van der Waals surface area contributed by atoms with Crippen molar-refractivity contribution < 1.29 is 9.13 Å². The van der Waals surface area contributed by atoms with Gasteiger partial charge >= 0.3 is 0 Å². The van der Waals surface area contributed by atoms with Gasteiger partial charge in [-0.1, -0.05) is 40.2 Å². The zero-order chi connectivity index (χ0) is 12.3. The first-order valence-electron chi connectivity index (χ1n) is 5.33. The van der Waals surface area contributed by atoms with Crippen LogP contribution in [-0.2, 0) is 0 Å². The first kappa shape index (κ1) is 12.1. The minimum atomic E-state index is -0.314. The van der Waals surface area contributed by atoms with Crippen LogP contribution in [0.4, 0.5) is 4.39 Å². The van der Waals surface area contributed by atoms with E-state index in [1.54, 1.807) is 6.07 Å². The lowest BCUT2D eigenvalue weighted by atomic mass is 10.1. The Morgan fingerprint density at radius 2 is 1.82 bits per heavy atom.